The fourth-order valence-electron chi connectivity index (χ4n) is 3.83. The molecule has 2 amide bonds. The highest BCUT2D eigenvalue weighted by atomic mass is 35.5. The van der Waals surface area contributed by atoms with Gasteiger partial charge in [0.15, 0.2) is 0 Å². The van der Waals surface area contributed by atoms with Crippen molar-refractivity contribution in [3.63, 3.8) is 0 Å². The third-order valence-electron chi connectivity index (χ3n) is 5.86. The van der Waals surface area contributed by atoms with Crippen LogP contribution in [0, 0.1) is 6.92 Å². The molecule has 3 rings (SSSR count). The van der Waals surface area contributed by atoms with Gasteiger partial charge in [-0.1, -0.05) is 91.3 Å². The lowest BCUT2D eigenvalue weighted by Crippen LogP contribution is -2.51. The average Bonchev–Trinajstić information content (AvgIpc) is 2.87. The maximum atomic E-state index is 13.6. The SMILES string of the molecule is CCCNC(=O)C(Cc1ccccc1)N(Cc1ccccc1Cl)C(=O)CSCc1ccccc1C. The van der Waals surface area contributed by atoms with Gasteiger partial charge in [-0.25, -0.2) is 0 Å². The van der Waals surface area contributed by atoms with Crippen molar-refractivity contribution in [2.45, 2.75) is 45.0 Å². The van der Waals surface area contributed by atoms with Gasteiger partial charge in [0.05, 0.1) is 5.75 Å². The zero-order valence-corrected chi connectivity index (χ0v) is 21.9. The number of nitrogens with zero attached hydrogens (tertiary/aromatic N) is 1. The minimum absolute atomic E-state index is 0.0731. The van der Waals surface area contributed by atoms with Gasteiger partial charge in [-0.2, -0.15) is 0 Å². The smallest absolute Gasteiger partial charge is 0.243 e. The minimum atomic E-state index is -0.633. The van der Waals surface area contributed by atoms with E-state index in [2.05, 4.69) is 24.4 Å². The summed E-state index contributed by atoms with van der Waals surface area (Å²) in [6, 6.07) is 24.9. The monoisotopic (exact) mass is 508 g/mol. The molecule has 1 atom stereocenters. The summed E-state index contributed by atoms with van der Waals surface area (Å²) in [6.07, 6.45) is 1.27. The zero-order valence-electron chi connectivity index (χ0n) is 20.4. The van der Waals surface area contributed by atoms with Gasteiger partial charge >= 0.3 is 0 Å². The summed E-state index contributed by atoms with van der Waals surface area (Å²) in [5.41, 5.74) is 4.26. The second kappa shape index (κ2) is 14.0. The zero-order chi connectivity index (χ0) is 25.0. The number of hydrogen-bond donors (Lipinski definition) is 1. The number of benzene rings is 3. The molecule has 0 aliphatic rings. The Bertz CT molecular complexity index is 1110. The van der Waals surface area contributed by atoms with Gasteiger partial charge in [0.25, 0.3) is 0 Å². The molecule has 1 unspecified atom stereocenters. The molecule has 0 heterocycles. The van der Waals surface area contributed by atoms with Crippen LogP contribution in [-0.4, -0.2) is 35.1 Å². The maximum Gasteiger partial charge on any atom is 0.243 e. The predicted molar refractivity (Wildman–Crippen MR) is 147 cm³/mol. The van der Waals surface area contributed by atoms with Gasteiger partial charge in [-0.15, -0.1) is 11.8 Å². The number of aryl methyl sites for hydroxylation is 1. The van der Waals surface area contributed by atoms with Gasteiger partial charge in [-0.05, 0) is 41.7 Å². The van der Waals surface area contributed by atoms with Crippen molar-refractivity contribution < 1.29 is 9.59 Å². The van der Waals surface area contributed by atoms with Crippen LogP contribution in [0.5, 0.6) is 0 Å². The van der Waals surface area contributed by atoms with Crippen molar-refractivity contribution in [2.75, 3.05) is 12.3 Å². The molecule has 0 bridgehead atoms. The third kappa shape index (κ3) is 8.15. The van der Waals surface area contributed by atoms with Crippen molar-refractivity contribution in [3.05, 3.63) is 106 Å². The number of rotatable bonds is 12. The van der Waals surface area contributed by atoms with Crippen LogP contribution in [0.4, 0.5) is 0 Å². The Morgan fingerprint density at radius 2 is 1.60 bits per heavy atom. The minimum Gasteiger partial charge on any atom is -0.354 e. The molecule has 3 aromatic carbocycles. The van der Waals surface area contributed by atoms with E-state index in [1.54, 1.807) is 16.7 Å². The Hall–Kier alpha value is -2.76. The van der Waals surface area contributed by atoms with E-state index in [1.807, 2.05) is 73.7 Å². The number of thioether (sulfide) groups is 1. The Balaban J connectivity index is 1.85. The molecule has 0 saturated heterocycles. The molecule has 0 aliphatic heterocycles. The molecule has 35 heavy (non-hydrogen) atoms. The Morgan fingerprint density at radius 3 is 2.29 bits per heavy atom. The Kier molecular flexibility index (Phi) is 10.7. The normalized spacial score (nSPS) is 11.6. The maximum absolute atomic E-state index is 13.6. The Morgan fingerprint density at radius 1 is 0.943 bits per heavy atom. The van der Waals surface area contributed by atoms with Crippen molar-refractivity contribution >= 4 is 35.2 Å². The van der Waals surface area contributed by atoms with Gasteiger partial charge in [0.2, 0.25) is 11.8 Å². The van der Waals surface area contributed by atoms with E-state index in [4.69, 9.17) is 11.6 Å². The fourth-order valence-corrected chi connectivity index (χ4v) is 5.02. The molecule has 0 aliphatic carbocycles. The first-order valence-corrected chi connectivity index (χ1v) is 13.5. The fraction of sp³-hybridized carbons (Fsp3) is 0.310. The largest absolute Gasteiger partial charge is 0.354 e. The van der Waals surface area contributed by atoms with Gasteiger partial charge in [0, 0.05) is 30.3 Å². The summed E-state index contributed by atoms with van der Waals surface area (Å²) in [7, 11) is 0. The highest BCUT2D eigenvalue weighted by Gasteiger charge is 2.30. The summed E-state index contributed by atoms with van der Waals surface area (Å²) < 4.78 is 0. The van der Waals surface area contributed by atoms with Crippen molar-refractivity contribution in [1.29, 1.82) is 0 Å². The number of nitrogens with one attached hydrogen (secondary N) is 1. The lowest BCUT2D eigenvalue weighted by Gasteiger charge is -2.32. The topological polar surface area (TPSA) is 49.4 Å². The Labute approximate surface area is 218 Å². The summed E-state index contributed by atoms with van der Waals surface area (Å²) in [4.78, 5) is 28.6. The van der Waals surface area contributed by atoms with Crippen LogP contribution in [0.1, 0.15) is 35.6 Å². The second-order valence-corrected chi connectivity index (χ2v) is 9.92. The number of halogens is 1. The van der Waals surface area contributed by atoms with Gasteiger partial charge < -0.3 is 10.2 Å². The van der Waals surface area contributed by atoms with E-state index in [-0.39, 0.29) is 24.1 Å². The average molecular weight is 509 g/mol. The molecule has 0 saturated carbocycles. The van der Waals surface area contributed by atoms with E-state index in [9.17, 15) is 9.59 Å². The van der Waals surface area contributed by atoms with Gasteiger partial charge in [0.1, 0.15) is 6.04 Å². The molecule has 0 aromatic heterocycles. The lowest BCUT2D eigenvalue weighted by atomic mass is 10.0. The van der Waals surface area contributed by atoms with Crippen LogP contribution >= 0.6 is 23.4 Å². The highest BCUT2D eigenvalue weighted by molar-refractivity contribution is 7.99. The summed E-state index contributed by atoms with van der Waals surface area (Å²) in [5, 5.41) is 3.59. The van der Waals surface area contributed by atoms with Crippen LogP contribution in [0.3, 0.4) is 0 Å². The van der Waals surface area contributed by atoms with Crippen LogP contribution in [0.25, 0.3) is 0 Å². The molecule has 0 radical (unpaired) electrons. The van der Waals surface area contributed by atoms with E-state index in [1.165, 1.54) is 11.1 Å². The number of carbonyl (C=O) groups excluding carboxylic acids is 2. The molecule has 0 spiro atoms. The summed E-state index contributed by atoms with van der Waals surface area (Å²) >= 11 is 8.03. The molecular weight excluding hydrogens is 476 g/mol. The standard InChI is InChI=1S/C29H33ClN2O2S/c1-3-17-31-29(34)27(18-23-12-5-4-6-13-23)32(19-24-14-9-10-16-26(24)30)28(33)21-35-20-25-15-8-7-11-22(25)2/h4-16,27H,3,17-21H2,1-2H3,(H,31,34). The van der Waals surface area contributed by atoms with Gasteiger partial charge in [-0.3, -0.25) is 9.59 Å². The number of carbonyl (C=O) groups is 2. The third-order valence-corrected chi connectivity index (χ3v) is 7.20. The predicted octanol–water partition coefficient (Wildman–Crippen LogP) is 6.05. The second-order valence-electron chi connectivity index (χ2n) is 8.53. The van der Waals surface area contributed by atoms with Crippen LogP contribution < -0.4 is 5.32 Å². The molecule has 1 N–H and O–H groups in total. The quantitative estimate of drug-likeness (QED) is 0.324. The lowest BCUT2D eigenvalue weighted by molar-refractivity contribution is -0.139. The van der Waals surface area contributed by atoms with Crippen LogP contribution in [0.15, 0.2) is 78.9 Å². The van der Waals surface area contributed by atoms with E-state index < -0.39 is 6.04 Å². The van der Waals surface area contributed by atoms with Crippen molar-refractivity contribution in [1.82, 2.24) is 10.2 Å². The van der Waals surface area contributed by atoms with Crippen LogP contribution in [-0.2, 0) is 28.3 Å². The summed E-state index contributed by atoms with van der Waals surface area (Å²) in [6.45, 7) is 4.94. The van der Waals surface area contributed by atoms with Crippen molar-refractivity contribution in [3.8, 4) is 0 Å². The van der Waals surface area contributed by atoms with E-state index in [0.717, 1.165) is 23.3 Å². The molecule has 6 heteroatoms. The molecule has 184 valence electrons. The number of amides is 2. The molecular formula is C29H33ClN2O2S. The summed E-state index contributed by atoms with van der Waals surface area (Å²) in [5.74, 6) is 0.811. The first-order chi connectivity index (χ1) is 17.0. The first-order valence-electron chi connectivity index (χ1n) is 12.0. The van der Waals surface area contributed by atoms with E-state index >= 15 is 0 Å². The van der Waals surface area contributed by atoms with E-state index in [0.29, 0.717) is 18.0 Å². The number of hydrogen-bond acceptors (Lipinski definition) is 3. The van der Waals surface area contributed by atoms with Crippen molar-refractivity contribution in [2.24, 2.45) is 0 Å². The first kappa shape index (κ1) is 26.8. The highest BCUT2D eigenvalue weighted by Crippen LogP contribution is 2.22. The van der Waals surface area contributed by atoms with Crippen LogP contribution in [0.2, 0.25) is 5.02 Å². The molecule has 3 aromatic rings. The molecule has 0 fully saturated rings. The molecule has 4 nitrogen and oxygen atoms in total.